The molecule has 0 radical (unpaired) electrons. The monoisotopic (exact) mass is 507 g/mol. The molecule has 2 aromatic carbocycles. The maximum absolute atomic E-state index is 12.5. The van der Waals surface area contributed by atoms with Crippen molar-refractivity contribution in [1.29, 1.82) is 0 Å². The lowest BCUT2D eigenvalue weighted by atomic mass is 10.3. The molecule has 0 saturated carbocycles. The molecule has 12 heteroatoms. The minimum atomic E-state index is -3.82. The van der Waals surface area contributed by atoms with E-state index < -0.39 is 32.5 Å². The van der Waals surface area contributed by atoms with E-state index in [-0.39, 0.29) is 15.6 Å². The molecule has 0 fully saturated rings. The van der Waals surface area contributed by atoms with E-state index in [0.717, 1.165) is 10.6 Å². The summed E-state index contributed by atoms with van der Waals surface area (Å²) < 4.78 is 51.7. The molecule has 1 amide bonds. The van der Waals surface area contributed by atoms with Gasteiger partial charge in [0.05, 0.1) is 21.9 Å². The first-order chi connectivity index (χ1) is 14.4. The van der Waals surface area contributed by atoms with Gasteiger partial charge in [-0.1, -0.05) is 37.0 Å². The quantitative estimate of drug-likeness (QED) is 0.559. The third kappa shape index (κ3) is 6.33. The Kier molecular flexibility index (Phi) is 8.34. The average molecular weight is 508 g/mol. The highest BCUT2D eigenvalue weighted by Gasteiger charge is 2.24. The van der Waals surface area contributed by atoms with Crippen LogP contribution in [0.4, 0.5) is 11.4 Å². The zero-order chi connectivity index (χ0) is 23.4. The molecule has 0 aliphatic rings. The van der Waals surface area contributed by atoms with E-state index in [4.69, 9.17) is 23.2 Å². The number of halogens is 2. The van der Waals surface area contributed by atoms with Gasteiger partial charge in [-0.05, 0) is 42.5 Å². The zero-order valence-electron chi connectivity index (χ0n) is 17.2. The lowest BCUT2D eigenvalue weighted by Gasteiger charge is -2.23. The van der Waals surface area contributed by atoms with Crippen LogP contribution in [0.25, 0.3) is 0 Å². The van der Waals surface area contributed by atoms with E-state index in [1.807, 2.05) is 0 Å². The molecule has 0 spiro atoms. The Balaban J connectivity index is 2.20. The normalized spacial score (nSPS) is 12.1. The lowest BCUT2D eigenvalue weighted by Crippen LogP contribution is -2.37. The Morgan fingerprint density at radius 3 is 2.03 bits per heavy atom. The van der Waals surface area contributed by atoms with Gasteiger partial charge in [-0.15, -0.1) is 0 Å². The van der Waals surface area contributed by atoms with Gasteiger partial charge in [0, 0.05) is 23.8 Å². The van der Waals surface area contributed by atoms with Crippen molar-refractivity contribution in [3.8, 4) is 0 Å². The fourth-order valence-electron chi connectivity index (χ4n) is 2.82. The third-order valence-corrected chi connectivity index (χ3v) is 8.08. The van der Waals surface area contributed by atoms with Gasteiger partial charge in [0.2, 0.25) is 26.0 Å². The van der Waals surface area contributed by atoms with Crippen molar-refractivity contribution < 1.29 is 21.6 Å². The predicted octanol–water partition coefficient (Wildman–Crippen LogP) is 3.43. The van der Waals surface area contributed by atoms with E-state index in [0.29, 0.717) is 23.8 Å². The van der Waals surface area contributed by atoms with E-state index in [1.54, 1.807) is 13.8 Å². The first-order valence-electron chi connectivity index (χ1n) is 9.23. The molecule has 0 saturated heterocycles. The number of amides is 1. The molecule has 0 atom stereocenters. The molecule has 0 bridgehead atoms. The second-order valence-corrected chi connectivity index (χ2v) is 11.2. The van der Waals surface area contributed by atoms with Gasteiger partial charge in [-0.2, -0.15) is 4.31 Å². The number of rotatable bonds is 9. The highest BCUT2D eigenvalue weighted by atomic mass is 35.5. The number of hydrogen-bond donors (Lipinski definition) is 1. The smallest absolute Gasteiger partial charge is 0.245 e. The van der Waals surface area contributed by atoms with Crippen molar-refractivity contribution >= 4 is 60.5 Å². The van der Waals surface area contributed by atoms with Gasteiger partial charge >= 0.3 is 0 Å². The van der Waals surface area contributed by atoms with Gasteiger partial charge < -0.3 is 5.32 Å². The van der Waals surface area contributed by atoms with Gasteiger partial charge in [-0.3, -0.25) is 9.10 Å². The van der Waals surface area contributed by atoms with Crippen molar-refractivity contribution in [3.63, 3.8) is 0 Å². The van der Waals surface area contributed by atoms with Crippen molar-refractivity contribution in [2.24, 2.45) is 0 Å². The van der Waals surface area contributed by atoms with Crippen LogP contribution < -0.4 is 9.62 Å². The van der Waals surface area contributed by atoms with E-state index in [9.17, 15) is 21.6 Å². The summed E-state index contributed by atoms with van der Waals surface area (Å²) in [5.74, 6) is -0.629. The first kappa shape index (κ1) is 25.4. The average Bonchev–Trinajstić information content (AvgIpc) is 2.67. The molecule has 0 aliphatic heterocycles. The number of benzene rings is 2. The molecule has 0 unspecified atom stereocenters. The Bertz CT molecular complexity index is 1150. The fourth-order valence-corrected chi connectivity index (χ4v) is 5.71. The molecular weight excluding hydrogens is 485 g/mol. The minimum absolute atomic E-state index is 0.0803. The van der Waals surface area contributed by atoms with Crippen LogP contribution in [0.2, 0.25) is 10.0 Å². The van der Waals surface area contributed by atoms with Crippen LogP contribution in [0.1, 0.15) is 13.8 Å². The summed E-state index contributed by atoms with van der Waals surface area (Å²) in [6.07, 6.45) is 0.956. The van der Waals surface area contributed by atoms with Crippen LogP contribution in [0.3, 0.4) is 0 Å². The second kappa shape index (κ2) is 10.2. The van der Waals surface area contributed by atoms with E-state index in [1.165, 1.54) is 46.8 Å². The number of carbonyl (C=O) groups is 1. The Morgan fingerprint density at radius 1 is 0.968 bits per heavy atom. The van der Waals surface area contributed by atoms with Crippen LogP contribution in [0, 0.1) is 0 Å². The number of hydrogen-bond acceptors (Lipinski definition) is 5. The summed E-state index contributed by atoms with van der Waals surface area (Å²) in [5, 5.41) is 2.96. The molecule has 0 aromatic heterocycles. The molecule has 170 valence electrons. The van der Waals surface area contributed by atoms with Gasteiger partial charge in [-0.25, -0.2) is 16.8 Å². The van der Waals surface area contributed by atoms with E-state index >= 15 is 0 Å². The number of carbonyl (C=O) groups excluding carboxylic acids is 1. The molecule has 0 aliphatic carbocycles. The topological polar surface area (TPSA) is 104 Å². The SMILES string of the molecule is CCN(CC)S(=O)(=O)c1ccc(NC(=O)CN(c2ccc(Cl)cc2Cl)S(C)(=O)=O)cc1. The summed E-state index contributed by atoms with van der Waals surface area (Å²) in [6.45, 7) is 3.64. The van der Waals surface area contributed by atoms with Gasteiger partial charge in [0.15, 0.2) is 0 Å². The van der Waals surface area contributed by atoms with Crippen molar-refractivity contribution in [3.05, 3.63) is 52.5 Å². The van der Waals surface area contributed by atoms with Crippen LogP contribution in [-0.2, 0) is 24.8 Å². The van der Waals surface area contributed by atoms with Crippen molar-refractivity contribution in [2.45, 2.75) is 18.7 Å². The van der Waals surface area contributed by atoms with Crippen molar-refractivity contribution in [2.75, 3.05) is 35.5 Å². The molecule has 1 N–H and O–H groups in total. The first-order valence-corrected chi connectivity index (χ1v) is 13.3. The standard InChI is InChI=1S/C19H23Cl2N3O5S2/c1-4-23(5-2)31(28,29)16-9-7-15(8-10-16)22-19(25)13-24(30(3,26)27)18-11-6-14(20)12-17(18)21/h6-12H,4-5,13H2,1-3H3,(H,22,25). The number of sulfonamides is 2. The van der Waals surface area contributed by atoms with E-state index in [2.05, 4.69) is 5.32 Å². The van der Waals surface area contributed by atoms with Crippen LogP contribution in [-0.4, -0.2) is 52.9 Å². The second-order valence-electron chi connectivity index (χ2n) is 6.53. The fraction of sp³-hybridized carbons (Fsp3) is 0.316. The maximum atomic E-state index is 12.5. The highest BCUT2D eigenvalue weighted by molar-refractivity contribution is 7.92. The molecule has 0 heterocycles. The summed E-state index contributed by atoms with van der Waals surface area (Å²) in [6, 6.07) is 9.90. The summed E-state index contributed by atoms with van der Waals surface area (Å²) in [5.41, 5.74) is 0.434. The summed E-state index contributed by atoms with van der Waals surface area (Å²) in [4.78, 5) is 12.6. The molecular formula is C19H23Cl2N3O5S2. The van der Waals surface area contributed by atoms with Crippen LogP contribution >= 0.6 is 23.2 Å². The predicted molar refractivity (Wildman–Crippen MR) is 124 cm³/mol. The van der Waals surface area contributed by atoms with Crippen LogP contribution in [0.5, 0.6) is 0 Å². The molecule has 31 heavy (non-hydrogen) atoms. The largest absolute Gasteiger partial charge is 0.325 e. The number of nitrogens with zero attached hydrogens (tertiary/aromatic N) is 2. The van der Waals surface area contributed by atoms with Crippen molar-refractivity contribution in [1.82, 2.24) is 4.31 Å². The van der Waals surface area contributed by atoms with Gasteiger partial charge in [0.25, 0.3) is 0 Å². The number of anilines is 2. The maximum Gasteiger partial charge on any atom is 0.245 e. The number of nitrogens with one attached hydrogen (secondary N) is 1. The third-order valence-electron chi connectivity index (χ3n) is 4.35. The highest BCUT2D eigenvalue weighted by Crippen LogP contribution is 2.30. The summed E-state index contributed by atoms with van der Waals surface area (Å²) >= 11 is 12.0. The zero-order valence-corrected chi connectivity index (χ0v) is 20.3. The molecule has 8 nitrogen and oxygen atoms in total. The minimum Gasteiger partial charge on any atom is -0.325 e. The van der Waals surface area contributed by atoms with Crippen LogP contribution in [0.15, 0.2) is 47.4 Å². The lowest BCUT2D eigenvalue weighted by molar-refractivity contribution is -0.114. The van der Waals surface area contributed by atoms with Gasteiger partial charge in [0.1, 0.15) is 6.54 Å². The Hall–Kier alpha value is -1.85. The Labute approximate surface area is 192 Å². The molecule has 2 rings (SSSR count). The summed E-state index contributed by atoms with van der Waals surface area (Å²) in [7, 11) is -7.44. The Morgan fingerprint density at radius 2 is 1.55 bits per heavy atom. The molecule has 2 aromatic rings.